The van der Waals surface area contributed by atoms with Crippen LogP contribution in [0, 0.1) is 0 Å². The fourth-order valence-electron chi connectivity index (χ4n) is 1.19. The maximum Gasteiger partial charge on any atom is 0.274 e. The largest absolute Gasteiger partial charge is 0.274 e. The van der Waals surface area contributed by atoms with Gasteiger partial charge in [0.15, 0.2) is 0 Å². The molecule has 1 radical (unpaired) electrons. The van der Waals surface area contributed by atoms with E-state index in [1.54, 1.807) is 0 Å². The minimum atomic E-state index is -1.15. The molecule has 0 heterocycles. The van der Waals surface area contributed by atoms with E-state index in [1.807, 2.05) is 18.2 Å². The van der Waals surface area contributed by atoms with Gasteiger partial charge in [-0.25, -0.2) is 0 Å². The molecule has 0 fully saturated rings. The summed E-state index contributed by atoms with van der Waals surface area (Å²) in [4.78, 5) is 0. The van der Waals surface area contributed by atoms with Crippen molar-refractivity contribution in [2.45, 2.75) is 12.5 Å². The Balaban J connectivity index is 2.69. The Morgan fingerprint density at radius 3 is 2.62 bits per heavy atom. The molecule has 0 spiro atoms. The summed E-state index contributed by atoms with van der Waals surface area (Å²) in [7, 11) is -1.15. The zero-order chi connectivity index (χ0) is 9.68. The molecule has 0 aliphatic heterocycles. The van der Waals surface area contributed by atoms with Gasteiger partial charge in [-0.15, -0.1) is 22.2 Å². The summed E-state index contributed by atoms with van der Waals surface area (Å²) in [5, 5.41) is 0. The minimum Gasteiger partial charge on any atom is -0.147 e. The Hall–Kier alpha value is -0.243. The maximum absolute atomic E-state index is 5.76. The third-order valence-corrected chi connectivity index (χ3v) is 3.62. The Morgan fingerprint density at radius 2 is 2.00 bits per heavy atom. The van der Waals surface area contributed by atoms with Gasteiger partial charge >= 0.3 is 0 Å². The molecule has 0 aliphatic carbocycles. The summed E-state index contributed by atoms with van der Waals surface area (Å²) in [6, 6.07) is 9.07. The quantitative estimate of drug-likeness (QED) is 0.544. The lowest BCUT2D eigenvalue weighted by atomic mass is 10.1. The van der Waals surface area contributed by atoms with Gasteiger partial charge in [-0.05, 0) is 23.6 Å². The molecule has 0 aromatic heterocycles. The van der Waals surface area contributed by atoms with E-state index in [-0.39, 0.29) is 0 Å². The third-order valence-electron chi connectivity index (χ3n) is 1.86. The summed E-state index contributed by atoms with van der Waals surface area (Å²) in [5.74, 6) is 0. The van der Waals surface area contributed by atoms with Crippen molar-refractivity contribution in [2.24, 2.45) is 0 Å². The van der Waals surface area contributed by atoms with E-state index in [0.29, 0.717) is 0 Å². The van der Waals surface area contributed by atoms with Crippen LogP contribution in [0.1, 0.15) is 11.1 Å². The Morgan fingerprint density at radius 1 is 1.31 bits per heavy atom. The first-order chi connectivity index (χ1) is 6.24. The van der Waals surface area contributed by atoms with Crippen molar-refractivity contribution in [3.05, 3.63) is 42.0 Å². The molecule has 0 atom stereocenters. The lowest BCUT2D eigenvalue weighted by molar-refractivity contribution is 1.12. The topological polar surface area (TPSA) is 0 Å². The molecular formula is C10H11Cl2Si. The summed E-state index contributed by atoms with van der Waals surface area (Å²) in [6.45, 7) is 3.76. The van der Waals surface area contributed by atoms with Crippen LogP contribution in [0.25, 0.3) is 6.08 Å². The molecule has 0 unspecified atom stereocenters. The summed E-state index contributed by atoms with van der Waals surface area (Å²) >= 11 is 11.5. The van der Waals surface area contributed by atoms with Crippen LogP contribution in [0.3, 0.4) is 0 Å². The fraction of sp³-hybridized carbons (Fsp3) is 0.200. The van der Waals surface area contributed by atoms with Crippen molar-refractivity contribution in [3.8, 4) is 0 Å². The fourth-order valence-corrected chi connectivity index (χ4v) is 2.22. The highest BCUT2D eigenvalue weighted by Gasteiger charge is 2.05. The average molecular weight is 230 g/mol. The lowest BCUT2D eigenvalue weighted by Crippen LogP contribution is -1.96. The van der Waals surface area contributed by atoms with E-state index < -0.39 is 7.42 Å². The molecule has 0 bridgehead atoms. The summed E-state index contributed by atoms with van der Waals surface area (Å²) < 4.78 is 0. The predicted octanol–water partition coefficient (Wildman–Crippen LogP) is 3.84. The molecule has 3 heteroatoms. The number of aryl methyl sites for hydroxylation is 1. The lowest BCUT2D eigenvalue weighted by Gasteiger charge is -2.04. The van der Waals surface area contributed by atoms with E-state index in [2.05, 4.69) is 18.7 Å². The monoisotopic (exact) mass is 229 g/mol. The molecule has 1 aromatic rings. The van der Waals surface area contributed by atoms with Crippen molar-refractivity contribution < 1.29 is 0 Å². The first-order valence-electron chi connectivity index (χ1n) is 4.11. The van der Waals surface area contributed by atoms with Crippen LogP contribution in [0.4, 0.5) is 0 Å². The molecule has 0 aliphatic rings. The van der Waals surface area contributed by atoms with E-state index in [1.165, 1.54) is 11.1 Å². The van der Waals surface area contributed by atoms with Gasteiger partial charge in [-0.1, -0.05) is 36.9 Å². The Bertz CT molecular complexity index is 284. The molecule has 0 saturated heterocycles. The van der Waals surface area contributed by atoms with Gasteiger partial charge in [-0.3, -0.25) is 0 Å². The van der Waals surface area contributed by atoms with Crippen molar-refractivity contribution in [1.29, 1.82) is 0 Å². The van der Waals surface area contributed by atoms with Crippen LogP contribution in [0.15, 0.2) is 30.8 Å². The third kappa shape index (κ3) is 3.55. The van der Waals surface area contributed by atoms with Gasteiger partial charge < -0.3 is 0 Å². The van der Waals surface area contributed by atoms with Crippen molar-refractivity contribution in [1.82, 2.24) is 0 Å². The number of halogens is 2. The van der Waals surface area contributed by atoms with Gasteiger partial charge in [0.2, 0.25) is 0 Å². The van der Waals surface area contributed by atoms with Crippen molar-refractivity contribution in [3.63, 3.8) is 0 Å². The normalized spacial score (nSPS) is 10.4. The van der Waals surface area contributed by atoms with Gasteiger partial charge in [0, 0.05) is 0 Å². The highest BCUT2D eigenvalue weighted by Crippen LogP contribution is 2.15. The number of hydrogen-bond donors (Lipinski definition) is 0. The van der Waals surface area contributed by atoms with E-state index in [9.17, 15) is 0 Å². The van der Waals surface area contributed by atoms with Crippen molar-refractivity contribution >= 4 is 35.7 Å². The zero-order valence-electron chi connectivity index (χ0n) is 7.26. The number of rotatable bonds is 4. The first-order valence-corrected chi connectivity index (χ1v) is 7.84. The highest BCUT2D eigenvalue weighted by atomic mass is 35.7. The molecule has 1 rings (SSSR count). The summed E-state index contributed by atoms with van der Waals surface area (Å²) in [6.07, 6.45) is 2.81. The molecule has 13 heavy (non-hydrogen) atoms. The van der Waals surface area contributed by atoms with Crippen LogP contribution in [0.5, 0.6) is 0 Å². The van der Waals surface area contributed by atoms with Crippen LogP contribution in [-0.4, -0.2) is 7.42 Å². The average Bonchev–Trinajstić information content (AvgIpc) is 2.15. The molecule has 0 saturated carbocycles. The van der Waals surface area contributed by atoms with Crippen LogP contribution in [0.2, 0.25) is 6.04 Å². The summed E-state index contributed by atoms with van der Waals surface area (Å²) in [5.41, 5.74) is 2.46. The predicted molar refractivity (Wildman–Crippen MR) is 62.5 cm³/mol. The van der Waals surface area contributed by atoms with E-state index in [0.717, 1.165) is 12.5 Å². The molecule has 0 amide bonds. The Kier molecular flexibility index (Phi) is 4.57. The second-order valence-corrected chi connectivity index (χ2v) is 7.24. The minimum absolute atomic E-state index is 0.888. The smallest absolute Gasteiger partial charge is 0.147 e. The zero-order valence-corrected chi connectivity index (χ0v) is 9.78. The number of benzene rings is 1. The van der Waals surface area contributed by atoms with Crippen molar-refractivity contribution in [2.75, 3.05) is 0 Å². The van der Waals surface area contributed by atoms with E-state index in [4.69, 9.17) is 22.2 Å². The molecule has 0 nitrogen and oxygen atoms in total. The maximum atomic E-state index is 5.76. The van der Waals surface area contributed by atoms with Gasteiger partial charge in [0.25, 0.3) is 7.42 Å². The highest BCUT2D eigenvalue weighted by molar-refractivity contribution is 7.33. The van der Waals surface area contributed by atoms with Gasteiger partial charge in [0.05, 0.1) is 0 Å². The Labute approximate surface area is 90.2 Å². The SMILES string of the molecule is C=Cc1ccccc1CC[Si](Cl)Cl. The number of hydrogen-bond acceptors (Lipinski definition) is 0. The second kappa shape index (κ2) is 5.48. The van der Waals surface area contributed by atoms with E-state index >= 15 is 0 Å². The molecule has 0 N–H and O–H groups in total. The van der Waals surface area contributed by atoms with Gasteiger partial charge in [0.1, 0.15) is 0 Å². The molecule has 69 valence electrons. The second-order valence-electron chi connectivity index (χ2n) is 2.74. The van der Waals surface area contributed by atoms with Crippen LogP contribution >= 0.6 is 22.2 Å². The van der Waals surface area contributed by atoms with Crippen LogP contribution < -0.4 is 0 Å². The molecular weight excluding hydrogens is 219 g/mol. The molecule has 1 aromatic carbocycles. The standard InChI is InChI=1S/C10H11Cl2Si/c1-2-9-5-3-4-6-10(9)7-8-13(11)12/h2-6H,1,7-8H2. The first kappa shape index (κ1) is 10.8. The van der Waals surface area contributed by atoms with Gasteiger partial charge in [-0.2, -0.15) is 0 Å². The van der Waals surface area contributed by atoms with Crippen LogP contribution in [-0.2, 0) is 6.42 Å².